The molecule has 0 aliphatic carbocycles. The van der Waals surface area contributed by atoms with E-state index in [0.717, 1.165) is 72.2 Å². The van der Waals surface area contributed by atoms with E-state index < -0.39 is 0 Å². The molecule has 0 N–H and O–H groups in total. The van der Waals surface area contributed by atoms with E-state index in [1.54, 1.807) is 12.4 Å². The molecule has 5 aromatic carbocycles. The molecule has 0 aliphatic rings. The maximum absolute atomic E-state index is 5.38. The van der Waals surface area contributed by atoms with Gasteiger partial charge in [0.05, 0.1) is 22.2 Å². The van der Waals surface area contributed by atoms with E-state index in [1.165, 1.54) is 0 Å². The van der Waals surface area contributed by atoms with Crippen molar-refractivity contribution in [1.29, 1.82) is 0 Å². The van der Waals surface area contributed by atoms with Gasteiger partial charge in [-0.05, 0) is 48.7 Å². The lowest BCUT2D eigenvalue weighted by Gasteiger charge is -2.12. The van der Waals surface area contributed by atoms with Crippen LogP contribution in [0.4, 0.5) is 0 Å². The molecule has 9 aromatic rings. The van der Waals surface area contributed by atoms with E-state index in [-0.39, 0.29) is 0 Å². The third-order valence-electron chi connectivity index (χ3n) is 8.62. The van der Waals surface area contributed by atoms with Crippen LogP contribution in [-0.4, -0.2) is 34.5 Å². The number of nitrogens with zero attached hydrogens (tertiary/aromatic N) is 7. The van der Waals surface area contributed by atoms with Crippen molar-refractivity contribution in [2.24, 2.45) is 0 Å². The number of aryl methyl sites for hydroxylation is 1. The molecule has 0 spiro atoms. The number of fused-ring (bicyclic) bond motifs is 5. The number of hydrogen-bond donors (Lipinski definition) is 0. The second-order valence-electron chi connectivity index (χ2n) is 11.7. The molecular formula is C41H27N7. The second kappa shape index (κ2) is 11.3. The van der Waals surface area contributed by atoms with Crippen molar-refractivity contribution in [2.75, 3.05) is 0 Å². The molecule has 0 saturated heterocycles. The van der Waals surface area contributed by atoms with Crippen molar-refractivity contribution >= 4 is 32.7 Å². The number of para-hydroxylation sites is 2. The van der Waals surface area contributed by atoms with Crippen LogP contribution in [0.5, 0.6) is 0 Å². The average molecular weight is 618 g/mol. The standard InChI is InChI=1S/C41H27N7/c1-26-43-39(47-40(44-26)30-13-10-24-42-25-30)28-20-18-27(19-21-28)37-36-33(32-16-8-9-17-34(32)45-37)22-23-35-38(36)46-41(29-11-4-2-5-12-29)48(35)31-14-6-3-7-15-31/h2-25H,1H3. The number of aromatic nitrogens is 7. The van der Waals surface area contributed by atoms with Crippen molar-refractivity contribution in [2.45, 2.75) is 6.92 Å². The molecule has 0 unspecified atom stereocenters. The first-order valence-electron chi connectivity index (χ1n) is 15.8. The SMILES string of the molecule is Cc1nc(-c2ccc(-c3nc4ccccc4c4ccc5c(nc(-c6ccccc6)n5-c5ccccc5)c34)cc2)nc(-c2cccnc2)n1. The monoisotopic (exact) mass is 617 g/mol. The predicted molar refractivity (Wildman–Crippen MR) is 192 cm³/mol. The highest BCUT2D eigenvalue weighted by Gasteiger charge is 2.21. The molecule has 0 amide bonds. The van der Waals surface area contributed by atoms with E-state index in [2.05, 4.69) is 123 Å². The van der Waals surface area contributed by atoms with Crippen LogP contribution in [0.1, 0.15) is 5.82 Å². The van der Waals surface area contributed by atoms with Crippen molar-refractivity contribution in [3.8, 4) is 51.1 Å². The number of rotatable bonds is 5. The topological polar surface area (TPSA) is 82.3 Å². The minimum atomic E-state index is 0.600. The van der Waals surface area contributed by atoms with E-state index in [4.69, 9.17) is 15.0 Å². The molecule has 226 valence electrons. The summed E-state index contributed by atoms with van der Waals surface area (Å²) in [5, 5.41) is 3.22. The summed E-state index contributed by atoms with van der Waals surface area (Å²) >= 11 is 0. The summed E-state index contributed by atoms with van der Waals surface area (Å²) < 4.78 is 2.25. The molecule has 9 rings (SSSR count). The molecule has 0 atom stereocenters. The minimum Gasteiger partial charge on any atom is -0.292 e. The Hall–Kier alpha value is -6.60. The Kier molecular flexibility index (Phi) is 6.54. The molecule has 48 heavy (non-hydrogen) atoms. The number of hydrogen-bond acceptors (Lipinski definition) is 6. The van der Waals surface area contributed by atoms with Crippen LogP contribution < -0.4 is 0 Å². The first kappa shape index (κ1) is 27.7. The van der Waals surface area contributed by atoms with Gasteiger partial charge in [0.2, 0.25) is 0 Å². The zero-order valence-corrected chi connectivity index (χ0v) is 26.0. The summed E-state index contributed by atoms with van der Waals surface area (Å²) in [5.74, 6) is 2.74. The van der Waals surface area contributed by atoms with Gasteiger partial charge in [-0.15, -0.1) is 0 Å². The highest BCUT2D eigenvalue weighted by atomic mass is 15.1. The molecule has 0 fully saturated rings. The lowest BCUT2D eigenvalue weighted by atomic mass is 9.98. The Balaban J connectivity index is 1.27. The quantitative estimate of drug-likeness (QED) is 0.179. The van der Waals surface area contributed by atoms with Gasteiger partial charge in [-0.3, -0.25) is 9.55 Å². The Morgan fingerprint density at radius 1 is 0.500 bits per heavy atom. The fourth-order valence-electron chi connectivity index (χ4n) is 6.42. The molecular weight excluding hydrogens is 591 g/mol. The smallest absolute Gasteiger partial charge is 0.165 e. The number of imidazole rings is 1. The summed E-state index contributed by atoms with van der Waals surface area (Å²) in [6, 6.07) is 45.6. The summed E-state index contributed by atoms with van der Waals surface area (Å²) in [6.07, 6.45) is 3.51. The van der Waals surface area contributed by atoms with Gasteiger partial charge in [0.25, 0.3) is 0 Å². The van der Waals surface area contributed by atoms with Gasteiger partial charge >= 0.3 is 0 Å². The van der Waals surface area contributed by atoms with Crippen LogP contribution in [0.25, 0.3) is 83.8 Å². The highest BCUT2D eigenvalue weighted by molar-refractivity contribution is 6.20. The van der Waals surface area contributed by atoms with E-state index in [0.29, 0.717) is 17.5 Å². The van der Waals surface area contributed by atoms with Crippen molar-refractivity contribution in [3.63, 3.8) is 0 Å². The molecule has 0 saturated carbocycles. The lowest BCUT2D eigenvalue weighted by Crippen LogP contribution is -1.99. The van der Waals surface area contributed by atoms with Gasteiger partial charge < -0.3 is 0 Å². The Labute approximate surface area is 276 Å². The first-order chi connectivity index (χ1) is 23.7. The van der Waals surface area contributed by atoms with Crippen LogP contribution >= 0.6 is 0 Å². The van der Waals surface area contributed by atoms with Crippen LogP contribution in [0.15, 0.2) is 146 Å². The fraction of sp³-hybridized carbons (Fsp3) is 0.0244. The van der Waals surface area contributed by atoms with Crippen LogP contribution in [0.3, 0.4) is 0 Å². The number of benzene rings is 5. The van der Waals surface area contributed by atoms with Gasteiger partial charge in [-0.1, -0.05) is 97.1 Å². The van der Waals surface area contributed by atoms with E-state index in [1.807, 2.05) is 37.3 Å². The highest BCUT2D eigenvalue weighted by Crippen LogP contribution is 2.40. The Bertz CT molecular complexity index is 2600. The normalized spacial score (nSPS) is 11.4. The lowest BCUT2D eigenvalue weighted by molar-refractivity contribution is 0.990. The predicted octanol–water partition coefficient (Wildman–Crippen LogP) is 9.28. The van der Waals surface area contributed by atoms with Crippen LogP contribution in [0.2, 0.25) is 0 Å². The molecule has 4 heterocycles. The summed E-state index contributed by atoms with van der Waals surface area (Å²) in [4.78, 5) is 28.9. The molecule has 0 radical (unpaired) electrons. The van der Waals surface area contributed by atoms with E-state index >= 15 is 0 Å². The van der Waals surface area contributed by atoms with Crippen molar-refractivity contribution in [3.05, 3.63) is 152 Å². The Morgan fingerprint density at radius 3 is 1.96 bits per heavy atom. The zero-order chi connectivity index (χ0) is 32.0. The van der Waals surface area contributed by atoms with Crippen LogP contribution in [-0.2, 0) is 0 Å². The molecule has 0 aliphatic heterocycles. The Morgan fingerprint density at radius 2 is 1.19 bits per heavy atom. The van der Waals surface area contributed by atoms with Gasteiger partial charge in [0.15, 0.2) is 11.6 Å². The minimum absolute atomic E-state index is 0.600. The van der Waals surface area contributed by atoms with Gasteiger partial charge in [0, 0.05) is 51.1 Å². The maximum atomic E-state index is 5.38. The van der Waals surface area contributed by atoms with Gasteiger partial charge in [0.1, 0.15) is 11.6 Å². The first-order valence-corrected chi connectivity index (χ1v) is 15.8. The zero-order valence-electron chi connectivity index (χ0n) is 26.0. The van der Waals surface area contributed by atoms with E-state index in [9.17, 15) is 0 Å². The summed E-state index contributed by atoms with van der Waals surface area (Å²) in [5.41, 5.74) is 8.55. The summed E-state index contributed by atoms with van der Waals surface area (Å²) in [7, 11) is 0. The van der Waals surface area contributed by atoms with Crippen molar-refractivity contribution in [1.82, 2.24) is 34.5 Å². The third kappa shape index (κ3) is 4.68. The third-order valence-corrected chi connectivity index (χ3v) is 8.62. The average Bonchev–Trinajstić information content (AvgIpc) is 3.55. The van der Waals surface area contributed by atoms with Gasteiger partial charge in [-0.25, -0.2) is 24.9 Å². The largest absolute Gasteiger partial charge is 0.292 e. The number of pyridine rings is 2. The molecule has 4 aromatic heterocycles. The van der Waals surface area contributed by atoms with Crippen molar-refractivity contribution < 1.29 is 0 Å². The maximum Gasteiger partial charge on any atom is 0.165 e. The summed E-state index contributed by atoms with van der Waals surface area (Å²) in [6.45, 7) is 1.88. The van der Waals surface area contributed by atoms with Crippen LogP contribution in [0, 0.1) is 6.92 Å². The molecule has 7 heteroatoms. The molecule has 0 bridgehead atoms. The molecule has 7 nitrogen and oxygen atoms in total. The van der Waals surface area contributed by atoms with Gasteiger partial charge in [-0.2, -0.15) is 0 Å². The second-order valence-corrected chi connectivity index (χ2v) is 11.7. The fourth-order valence-corrected chi connectivity index (χ4v) is 6.42.